The Hall–Kier alpha value is -14.9. The van der Waals surface area contributed by atoms with Crippen molar-refractivity contribution in [3.63, 3.8) is 0 Å². The van der Waals surface area contributed by atoms with Crippen LogP contribution in [0.3, 0.4) is 0 Å². The molecule has 6 heterocycles. The van der Waals surface area contributed by atoms with Gasteiger partial charge in [-0.25, -0.2) is 29.9 Å². The number of aromatic nitrogens is 6. The van der Waals surface area contributed by atoms with Crippen LogP contribution in [-0.4, -0.2) is 29.9 Å². The molecule has 0 aliphatic rings. The van der Waals surface area contributed by atoms with Gasteiger partial charge in [-0.1, -0.05) is 267 Å². The molecule has 538 valence electrons. The molecule has 0 atom stereocenters. The van der Waals surface area contributed by atoms with E-state index in [1.54, 1.807) is 11.3 Å². The number of fused-ring (bicyclic) bond motifs is 18. The smallest absolute Gasteiger partial charge is 0.164 e. The first-order chi connectivity index (χ1) is 57.4. The van der Waals surface area contributed by atoms with Crippen molar-refractivity contribution in [3.05, 3.63) is 364 Å². The standard InChI is InChI=1S/C106H60N6O2S2/c1-3-20-61(21-4-1)101-107-103(70-28-15-26-63(52-70)76-36-18-40-93-98(76)89-57-68(43-48-91(89)113-93)85-54-65-24-7-9-30-74(65)79-32-11-13-34-81(79)85)111-105(109-101)72-46-51-96-88(59-72)84-39-17-38-78(100(84)116-96)67-45-50-95-87(56-67)83-47-42-73(60-97(83)115-95)106-110-102(62-22-5-2-6-23-62)108-104(112-106)71-29-16-27-64(53-71)77-37-19-41-94-99(77)90-58-69(44-49-92(90)114-94)86-55-66-25-8-10-31-75(66)80-33-12-14-35-82(80)86/h1-60H. The first kappa shape index (κ1) is 65.7. The van der Waals surface area contributed by atoms with Crippen LogP contribution in [0, 0.1) is 0 Å². The zero-order valence-electron chi connectivity index (χ0n) is 62.0. The van der Waals surface area contributed by atoms with Crippen molar-refractivity contribution in [1.82, 2.24) is 29.9 Å². The van der Waals surface area contributed by atoms with Crippen molar-refractivity contribution >= 4 is 150 Å². The average molecular weight is 1510 g/mol. The zero-order chi connectivity index (χ0) is 76.1. The summed E-state index contributed by atoms with van der Waals surface area (Å²) in [5.41, 5.74) is 19.9. The van der Waals surface area contributed by atoms with E-state index in [1.165, 1.54) is 90.0 Å². The third-order valence-electron chi connectivity index (χ3n) is 23.1. The minimum absolute atomic E-state index is 0.585. The monoisotopic (exact) mass is 1510 g/mol. The van der Waals surface area contributed by atoms with Crippen molar-refractivity contribution in [2.24, 2.45) is 0 Å². The molecule has 0 saturated heterocycles. The highest BCUT2D eigenvalue weighted by molar-refractivity contribution is 7.26. The van der Waals surface area contributed by atoms with E-state index in [4.69, 9.17) is 38.7 Å². The van der Waals surface area contributed by atoms with Gasteiger partial charge in [0.15, 0.2) is 34.9 Å². The van der Waals surface area contributed by atoms with Crippen molar-refractivity contribution in [2.45, 2.75) is 0 Å². The predicted octanol–water partition coefficient (Wildman–Crippen LogP) is 29.5. The summed E-state index contributed by atoms with van der Waals surface area (Å²) in [5.74, 6) is 3.58. The summed E-state index contributed by atoms with van der Waals surface area (Å²) in [4.78, 5) is 31.7. The fraction of sp³-hybridized carbons (Fsp3) is 0. The molecule has 0 aliphatic heterocycles. The Balaban J connectivity index is 0.558. The maximum atomic E-state index is 6.65. The van der Waals surface area contributed by atoms with Gasteiger partial charge in [-0.2, -0.15) is 0 Å². The molecular formula is C106H60N6O2S2. The van der Waals surface area contributed by atoms with Crippen molar-refractivity contribution in [3.8, 4) is 124 Å². The van der Waals surface area contributed by atoms with Crippen LogP contribution in [-0.2, 0) is 0 Å². The van der Waals surface area contributed by atoms with Gasteiger partial charge in [-0.3, -0.25) is 0 Å². The average Bonchev–Trinajstić information content (AvgIpc) is 1.37. The molecule has 0 aliphatic carbocycles. The lowest BCUT2D eigenvalue weighted by Gasteiger charge is -2.12. The van der Waals surface area contributed by atoms with Gasteiger partial charge < -0.3 is 8.83 Å². The molecule has 0 radical (unpaired) electrons. The summed E-state index contributed by atoms with van der Waals surface area (Å²) in [6.07, 6.45) is 0. The first-order valence-corrected chi connectivity index (χ1v) is 40.5. The molecule has 18 aromatic carbocycles. The number of rotatable bonds is 11. The molecule has 0 spiro atoms. The van der Waals surface area contributed by atoms with E-state index >= 15 is 0 Å². The largest absolute Gasteiger partial charge is 0.456 e. The highest BCUT2D eigenvalue weighted by Crippen LogP contribution is 2.48. The molecule has 116 heavy (non-hydrogen) atoms. The minimum atomic E-state index is 0.585. The lowest BCUT2D eigenvalue weighted by molar-refractivity contribution is 0.668. The SMILES string of the molecule is c1ccc(-c2nc(-c3cccc(-c4cccc5oc6ccc(-c7cc8ccccc8c8ccccc78)cc6c45)c3)nc(-c3ccc4c(c3)sc3ccc(-c5cccc6c5sc5ccc(-c7nc(-c8ccccc8)nc(-c8cccc(-c9cccc%10oc%11ccc(-c%12cc%13ccccc%13c%13ccccc%12%13)cc%11c9%10)c8)n7)cc56)cc34)n2)cc1. The predicted molar refractivity (Wildman–Crippen MR) is 483 cm³/mol. The molecule has 24 rings (SSSR count). The van der Waals surface area contributed by atoms with Gasteiger partial charge in [0.2, 0.25) is 0 Å². The molecular weight excluding hydrogens is 1450 g/mol. The summed E-state index contributed by atoms with van der Waals surface area (Å²) in [6.45, 7) is 0. The summed E-state index contributed by atoms with van der Waals surface area (Å²) in [6, 6.07) is 130. The van der Waals surface area contributed by atoms with Crippen LogP contribution < -0.4 is 0 Å². The molecule has 10 heteroatoms. The number of thiophene rings is 2. The van der Waals surface area contributed by atoms with Gasteiger partial charge in [0, 0.05) is 95.3 Å². The van der Waals surface area contributed by atoms with Gasteiger partial charge in [-0.05, 0) is 196 Å². The third kappa shape index (κ3) is 10.9. The minimum Gasteiger partial charge on any atom is -0.456 e. The van der Waals surface area contributed by atoms with Crippen LogP contribution >= 0.6 is 22.7 Å². The van der Waals surface area contributed by atoms with Crippen molar-refractivity contribution in [1.29, 1.82) is 0 Å². The van der Waals surface area contributed by atoms with Crippen molar-refractivity contribution in [2.75, 3.05) is 0 Å². The van der Waals surface area contributed by atoms with Crippen LogP contribution in [0.5, 0.6) is 0 Å². The van der Waals surface area contributed by atoms with Crippen LogP contribution in [0.15, 0.2) is 373 Å². The summed E-state index contributed by atoms with van der Waals surface area (Å²) >= 11 is 3.61. The number of furan rings is 2. The molecule has 0 saturated carbocycles. The second-order valence-electron chi connectivity index (χ2n) is 29.9. The number of nitrogens with zero attached hydrogens (tertiary/aromatic N) is 6. The Labute approximate surface area is 671 Å². The fourth-order valence-corrected chi connectivity index (χ4v) is 20.0. The van der Waals surface area contributed by atoms with Crippen LogP contribution in [0.4, 0.5) is 0 Å². The van der Waals surface area contributed by atoms with E-state index in [0.717, 1.165) is 126 Å². The second-order valence-corrected chi connectivity index (χ2v) is 32.0. The second kappa shape index (κ2) is 26.3. The third-order valence-corrected chi connectivity index (χ3v) is 25.5. The molecule has 24 aromatic rings. The van der Waals surface area contributed by atoms with E-state index < -0.39 is 0 Å². The molecule has 0 N–H and O–H groups in total. The summed E-state index contributed by atoms with van der Waals surface area (Å²) in [7, 11) is 0. The normalized spacial score (nSPS) is 12.0. The van der Waals surface area contributed by atoms with Crippen LogP contribution in [0.25, 0.3) is 251 Å². The van der Waals surface area contributed by atoms with E-state index in [2.05, 4.69) is 328 Å². The lowest BCUT2D eigenvalue weighted by atomic mass is 9.92. The van der Waals surface area contributed by atoms with Gasteiger partial charge in [0.25, 0.3) is 0 Å². The Morgan fingerprint density at radius 3 is 1.07 bits per heavy atom. The Morgan fingerprint density at radius 2 is 0.526 bits per heavy atom. The van der Waals surface area contributed by atoms with Gasteiger partial charge in [-0.15, -0.1) is 22.7 Å². The lowest BCUT2D eigenvalue weighted by Crippen LogP contribution is -2.00. The van der Waals surface area contributed by atoms with Gasteiger partial charge in [0.1, 0.15) is 22.3 Å². The quantitative estimate of drug-likeness (QED) is 0.118. The van der Waals surface area contributed by atoms with Gasteiger partial charge >= 0.3 is 0 Å². The molecule has 8 nitrogen and oxygen atoms in total. The van der Waals surface area contributed by atoms with Crippen molar-refractivity contribution < 1.29 is 8.83 Å². The van der Waals surface area contributed by atoms with Crippen LogP contribution in [0.1, 0.15) is 0 Å². The summed E-state index contributed by atoms with van der Waals surface area (Å²) in [5, 5.41) is 18.8. The van der Waals surface area contributed by atoms with E-state index in [-0.39, 0.29) is 0 Å². The maximum Gasteiger partial charge on any atom is 0.164 e. The zero-order valence-corrected chi connectivity index (χ0v) is 63.6. The Kier molecular flexibility index (Phi) is 14.9. The van der Waals surface area contributed by atoms with Crippen LogP contribution in [0.2, 0.25) is 0 Å². The van der Waals surface area contributed by atoms with Gasteiger partial charge in [0.05, 0.1) is 0 Å². The number of hydrogen-bond acceptors (Lipinski definition) is 10. The van der Waals surface area contributed by atoms with E-state index in [0.29, 0.717) is 34.9 Å². The molecule has 0 bridgehead atoms. The summed E-state index contributed by atoms with van der Waals surface area (Å²) < 4.78 is 18.1. The highest BCUT2D eigenvalue weighted by Gasteiger charge is 2.24. The molecule has 0 unspecified atom stereocenters. The molecule has 0 fully saturated rings. The number of hydrogen-bond donors (Lipinski definition) is 0. The fourth-order valence-electron chi connectivity index (χ4n) is 17.7. The highest BCUT2D eigenvalue weighted by atomic mass is 32.1. The molecule has 0 amide bonds. The maximum absolute atomic E-state index is 6.65. The molecule has 6 aromatic heterocycles. The Bertz CT molecular complexity index is 8240. The van der Waals surface area contributed by atoms with E-state index in [9.17, 15) is 0 Å². The Morgan fingerprint density at radius 1 is 0.172 bits per heavy atom. The van der Waals surface area contributed by atoms with E-state index in [1.807, 2.05) is 47.7 Å². The first-order valence-electron chi connectivity index (χ1n) is 38.9. The number of benzene rings is 18. The topological polar surface area (TPSA) is 104 Å².